The minimum atomic E-state index is 0.587. The molecule has 1 atom stereocenters. The van der Waals surface area contributed by atoms with Crippen molar-refractivity contribution < 1.29 is 0 Å². The summed E-state index contributed by atoms with van der Waals surface area (Å²) in [7, 11) is 4.18. The van der Waals surface area contributed by atoms with E-state index in [4.69, 9.17) is 0 Å². The molecule has 3 nitrogen and oxygen atoms in total. The minimum Gasteiger partial charge on any atom is -0.338 e. The first-order chi connectivity index (χ1) is 8.74. The number of hydrogen-bond donors (Lipinski definition) is 1. The third kappa shape index (κ3) is 3.14. The highest BCUT2D eigenvalue weighted by Crippen LogP contribution is 2.33. The summed E-state index contributed by atoms with van der Waals surface area (Å²) in [5, 5.41) is 3.52. The maximum atomic E-state index is 4.45. The van der Waals surface area contributed by atoms with Gasteiger partial charge < -0.3 is 9.88 Å². The van der Waals surface area contributed by atoms with Gasteiger partial charge in [-0.05, 0) is 31.7 Å². The zero-order valence-corrected chi connectivity index (χ0v) is 12.0. The molecule has 0 bridgehead atoms. The SMILES string of the molecule is CCC1CCC(C(Cc2nccn2C)NC)CC1. The maximum Gasteiger partial charge on any atom is 0.109 e. The molecule has 102 valence electrons. The summed E-state index contributed by atoms with van der Waals surface area (Å²) in [6, 6.07) is 0.587. The Bertz CT molecular complexity index is 350. The fraction of sp³-hybridized carbons (Fsp3) is 0.800. The largest absolute Gasteiger partial charge is 0.338 e. The Balaban J connectivity index is 1.91. The molecule has 0 aliphatic heterocycles. The lowest BCUT2D eigenvalue weighted by molar-refractivity contribution is 0.220. The Morgan fingerprint density at radius 3 is 2.61 bits per heavy atom. The molecule has 0 amide bonds. The summed E-state index contributed by atoms with van der Waals surface area (Å²) in [5.74, 6) is 3.01. The fourth-order valence-electron chi connectivity index (χ4n) is 3.29. The number of nitrogens with one attached hydrogen (secondary N) is 1. The Morgan fingerprint density at radius 2 is 2.11 bits per heavy atom. The molecule has 18 heavy (non-hydrogen) atoms. The third-order valence-corrected chi connectivity index (χ3v) is 4.73. The van der Waals surface area contributed by atoms with Crippen molar-refractivity contribution in [3.63, 3.8) is 0 Å². The van der Waals surface area contributed by atoms with Crippen LogP contribution in [0.4, 0.5) is 0 Å². The molecule has 3 heteroatoms. The smallest absolute Gasteiger partial charge is 0.109 e. The molecule has 0 saturated heterocycles. The van der Waals surface area contributed by atoms with Crippen LogP contribution in [0.3, 0.4) is 0 Å². The highest BCUT2D eigenvalue weighted by atomic mass is 15.0. The van der Waals surface area contributed by atoms with Crippen molar-refractivity contribution in [2.75, 3.05) is 7.05 Å². The predicted octanol–water partition coefficient (Wildman–Crippen LogP) is 2.77. The predicted molar refractivity (Wildman–Crippen MR) is 75.5 cm³/mol. The van der Waals surface area contributed by atoms with Crippen molar-refractivity contribution in [1.82, 2.24) is 14.9 Å². The standard InChI is InChI=1S/C15H27N3/c1-4-12-5-7-13(8-6-12)14(16-2)11-15-17-9-10-18(15)3/h9-10,12-14,16H,4-8,11H2,1-3H3. The summed E-state index contributed by atoms with van der Waals surface area (Å²) >= 11 is 0. The Kier molecular flexibility index (Phi) is 4.81. The molecule has 1 aliphatic carbocycles. The van der Waals surface area contributed by atoms with Crippen LogP contribution in [0.15, 0.2) is 12.4 Å². The van der Waals surface area contributed by atoms with Gasteiger partial charge in [0.25, 0.3) is 0 Å². The van der Waals surface area contributed by atoms with Crippen molar-refractivity contribution in [2.45, 2.75) is 51.5 Å². The van der Waals surface area contributed by atoms with E-state index in [0.29, 0.717) is 6.04 Å². The van der Waals surface area contributed by atoms with Gasteiger partial charge in [-0.2, -0.15) is 0 Å². The van der Waals surface area contributed by atoms with Crippen molar-refractivity contribution in [3.8, 4) is 0 Å². The number of hydrogen-bond acceptors (Lipinski definition) is 2. The quantitative estimate of drug-likeness (QED) is 0.869. The van der Waals surface area contributed by atoms with E-state index in [-0.39, 0.29) is 0 Å². The summed E-state index contributed by atoms with van der Waals surface area (Å²) in [6.07, 6.45) is 12.0. The second-order valence-electron chi connectivity index (χ2n) is 5.74. The average molecular weight is 249 g/mol. The van der Waals surface area contributed by atoms with Gasteiger partial charge in [-0.25, -0.2) is 4.98 Å². The molecule has 1 saturated carbocycles. The number of aromatic nitrogens is 2. The molecular weight excluding hydrogens is 222 g/mol. The Morgan fingerprint density at radius 1 is 1.39 bits per heavy atom. The van der Waals surface area contributed by atoms with Crippen LogP contribution in [0, 0.1) is 11.8 Å². The van der Waals surface area contributed by atoms with Gasteiger partial charge in [-0.3, -0.25) is 0 Å². The van der Waals surface area contributed by atoms with Gasteiger partial charge in [0.1, 0.15) is 5.82 Å². The van der Waals surface area contributed by atoms with E-state index in [1.807, 2.05) is 12.4 Å². The first kappa shape index (κ1) is 13.6. The van der Waals surface area contributed by atoms with Gasteiger partial charge in [-0.15, -0.1) is 0 Å². The molecule has 1 heterocycles. The van der Waals surface area contributed by atoms with Crippen LogP contribution in [-0.4, -0.2) is 22.6 Å². The number of likely N-dealkylation sites (N-methyl/N-ethyl adjacent to an activating group) is 1. The second kappa shape index (κ2) is 6.37. The minimum absolute atomic E-state index is 0.587. The Hall–Kier alpha value is -0.830. The van der Waals surface area contributed by atoms with Crippen LogP contribution in [-0.2, 0) is 13.5 Å². The third-order valence-electron chi connectivity index (χ3n) is 4.73. The highest BCUT2D eigenvalue weighted by Gasteiger charge is 2.26. The second-order valence-corrected chi connectivity index (χ2v) is 5.74. The first-order valence-corrected chi connectivity index (χ1v) is 7.38. The van der Waals surface area contributed by atoms with Gasteiger partial charge in [0.2, 0.25) is 0 Å². The zero-order chi connectivity index (χ0) is 13.0. The van der Waals surface area contributed by atoms with Crippen LogP contribution >= 0.6 is 0 Å². The molecule has 0 spiro atoms. The molecule has 1 aromatic rings. The molecule has 1 fully saturated rings. The van der Waals surface area contributed by atoms with Gasteiger partial charge in [0.15, 0.2) is 0 Å². The number of imidazole rings is 1. The fourth-order valence-corrected chi connectivity index (χ4v) is 3.29. The van der Waals surface area contributed by atoms with Crippen molar-refractivity contribution >= 4 is 0 Å². The van der Waals surface area contributed by atoms with Gasteiger partial charge in [-0.1, -0.05) is 26.2 Å². The lowest BCUT2D eigenvalue weighted by Gasteiger charge is -2.33. The van der Waals surface area contributed by atoms with E-state index in [1.165, 1.54) is 37.9 Å². The summed E-state index contributed by atoms with van der Waals surface area (Å²) < 4.78 is 2.14. The van der Waals surface area contributed by atoms with Gasteiger partial charge >= 0.3 is 0 Å². The average Bonchev–Trinajstić information content (AvgIpc) is 2.81. The molecule has 1 unspecified atom stereocenters. The van der Waals surface area contributed by atoms with Crippen molar-refractivity contribution in [3.05, 3.63) is 18.2 Å². The molecule has 1 aromatic heterocycles. The molecular formula is C15H27N3. The van der Waals surface area contributed by atoms with E-state index < -0.39 is 0 Å². The van der Waals surface area contributed by atoms with Crippen LogP contribution in [0.25, 0.3) is 0 Å². The number of nitrogens with zero attached hydrogens (tertiary/aromatic N) is 2. The molecule has 1 aliphatic rings. The summed E-state index contributed by atoms with van der Waals surface area (Å²) in [5.41, 5.74) is 0. The van der Waals surface area contributed by atoms with Crippen LogP contribution < -0.4 is 5.32 Å². The van der Waals surface area contributed by atoms with Gasteiger partial charge in [0.05, 0.1) is 0 Å². The molecule has 1 N–H and O–H groups in total. The van der Waals surface area contributed by atoms with Crippen molar-refractivity contribution in [2.24, 2.45) is 18.9 Å². The summed E-state index contributed by atoms with van der Waals surface area (Å²) in [4.78, 5) is 4.45. The van der Waals surface area contributed by atoms with Crippen LogP contribution in [0.5, 0.6) is 0 Å². The topological polar surface area (TPSA) is 29.9 Å². The lowest BCUT2D eigenvalue weighted by atomic mass is 9.77. The van der Waals surface area contributed by atoms with E-state index in [9.17, 15) is 0 Å². The van der Waals surface area contributed by atoms with E-state index in [1.54, 1.807) is 0 Å². The van der Waals surface area contributed by atoms with E-state index >= 15 is 0 Å². The van der Waals surface area contributed by atoms with Gasteiger partial charge in [0, 0.05) is 31.9 Å². The monoisotopic (exact) mass is 249 g/mol. The molecule has 0 radical (unpaired) electrons. The number of rotatable bonds is 5. The van der Waals surface area contributed by atoms with E-state index in [0.717, 1.165) is 18.3 Å². The number of aryl methyl sites for hydroxylation is 1. The zero-order valence-electron chi connectivity index (χ0n) is 12.0. The van der Waals surface area contributed by atoms with Crippen LogP contribution in [0.1, 0.15) is 44.9 Å². The Labute approximate surface area is 111 Å². The normalized spacial score (nSPS) is 26.2. The highest BCUT2D eigenvalue weighted by molar-refractivity contribution is 4.96. The first-order valence-electron chi connectivity index (χ1n) is 7.38. The lowest BCUT2D eigenvalue weighted by Crippen LogP contribution is -2.38. The molecule has 2 rings (SSSR count). The van der Waals surface area contributed by atoms with E-state index in [2.05, 4.69) is 35.9 Å². The molecule has 0 aromatic carbocycles. The van der Waals surface area contributed by atoms with Crippen LogP contribution in [0.2, 0.25) is 0 Å². The summed E-state index contributed by atoms with van der Waals surface area (Å²) in [6.45, 7) is 2.33. The van der Waals surface area contributed by atoms with Crippen molar-refractivity contribution in [1.29, 1.82) is 0 Å². The maximum absolute atomic E-state index is 4.45.